The number of nitrogens with two attached hydrogens (primary N) is 2. The summed E-state index contributed by atoms with van der Waals surface area (Å²) in [5, 5.41) is 15.5. The summed E-state index contributed by atoms with van der Waals surface area (Å²) in [5.41, 5.74) is 15.9. The second-order valence-electron chi connectivity index (χ2n) is 15.0. The molecule has 1 unspecified atom stereocenters. The molecule has 3 fully saturated rings. The maximum atomic E-state index is 13.7. The first kappa shape index (κ1) is 41.4. The van der Waals surface area contributed by atoms with Crippen LogP contribution < -0.4 is 36.1 Å². The summed E-state index contributed by atoms with van der Waals surface area (Å²) in [4.78, 5) is 56.8. The van der Waals surface area contributed by atoms with Crippen LogP contribution in [0.25, 0.3) is 16.9 Å². The first-order valence-corrected chi connectivity index (χ1v) is 22.7. The van der Waals surface area contributed by atoms with Crippen LogP contribution in [0.4, 0.5) is 22.0 Å². The molecule has 19 heteroatoms. The van der Waals surface area contributed by atoms with Gasteiger partial charge in [0, 0.05) is 49.2 Å². The Labute approximate surface area is 355 Å². The Morgan fingerprint density at radius 2 is 1.78 bits per heavy atom. The highest BCUT2D eigenvalue weighted by Gasteiger charge is 2.38. The zero-order chi connectivity index (χ0) is 41.6. The summed E-state index contributed by atoms with van der Waals surface area (Å²) in [6.45, 7) is 3.40. The lowest BCUT2D eigenvalue weighted by atomic mass is 9.80. The van der Waals surface area contributed by atoms with E-state index in [-0.39, 0.29) is 48.0 Å². The van der Waals surface area contributed by atoms with Gasteiger partial charge in [-0.25, -0.2) is 9.48 Å². The third-order valence-electron chi connectivity index (χ3n) is 11.4. The van der Waals surface area contributed by atoms with E-state index in [0.717, 1.165) is 55.0 Å². The molecule has 0 spiro atoms. The number of nitrogen functional groups attached to an aromatic ring is 1. The van der Waals surface area contributed by atoms with E-state index in [4.69, 9.17) is 25.7 Å². The first-order chi connectivity index (χ1) is 29.3. The van der Waals surface area contributed by atoms with Gasteiger partial charge in [0.15, 0.2) is 5.82 Å². The molecule has 1 aliphatic carbocycles. The lowest BCUT2D eigenvalue weighted by molar-refractivity contribution is -0.134. The predicted molar refractivity (Wildman–Crippen MR) is 229 cm³/mol. The van der Waals surface area contributed by atoms with Crippen LogP contribution in [0, 0.1) is 0 Å². The number of ether oxygens (including phenoxy) is 3. The molecule has 316 valence electrons. The number of piperazine rings is 1. The van der Waals surface area contributed by atoms with Gasteiger partial charge in [0.25, 0.3) is 0 Å². The van der Waals surface area contributed by atoms with Crippen molar-refractivity contribution in [3.63, 3.8) is 0 Å². The molecule has 8 rings (SSSR count). The van der Waals surface area contributed by atoms with E-state index in [0.29, 0.717) is 79.9 Å². The molecule has 4 aromatic rings. The number of hydrogen-bond acceptors (Lipinski definition) is 16. The molecule has 5 N–H and O–H groups in total. The summed E-state index contributed by atoms with van der Waals surface area (Å²) >= 11 is 0. The van der Waals surface area contributed by atoms with E-state index in [9.17, 15) is 19.2 Å². The van der Waals surface area contributed by atoms with Crippen molar-refractivity contribution in [1.29, 1.82) is 0 Å². The summed E-state index contributed by atoms with van der Waals surface area (Å²) in [7, 11) is 3.19. The number of para-hydroxylation sites is 2. The zero-order valence-corrected chi connectivity index (χ0v) is 34.7. The number of nitrogens with zero attached hydrogens (tertiary/aromatic N) is 7. The fraction of sp³-hybridized carbons (Fsp3) is 0.439. The van der Waals surface area contributed by atoms with E-state index in [1.165, 1.54) is 0 Å². The van der Waals surface area contributed by atoms with Gasteiger partial charge >= 0.3 is 6.16 Å². The largest absolute Gasteiger partial charge is 0.513 e. The van der Waals surface area contributed by atoms with Crippen molar-refractivity contribution in [2.24, 2.45) is 5.73 Å². The van der Waals surface area contributed by atoms with Crippen LogP contribution in [-0.2, 0) is 19.1 Å². The molecule has 4 aliphatic rings. The van der Waals surface area contributed by atoms with Gasteiger partial charge in [-0.15, -0.1) is 10.2 Å². The molecule has 5 heterocycles. The molecule has 2 saturated heterocycles. The number of piperidine rings is 1. The summed E-state index contributed by atoms with van der Waals surface area (Å²) in [5.74, 6) is 2.49. The Morgan fingerprint density at radius 3 is 2.60 bits per heavy atom. The van der Waals surface area contributed by atoms with Gasteiger partial charge in [0.2, 0.25) is 17.7 Å². The van der Waals surface area contributed by atoms with Gasteiger partial charge in [-0.2, -0.15) is 5.10 Å². The summed E-state index contributed by atoms with van der Waals surface area (Å²) in [6, 6.07) is 14.7. The number of aromatic nitrogens is 4. The Kier molecular flexibility index (Phi) is 13.0. The van der Waals surface area contributed by atoms with Crippen molar-refractivity contribution < 1.29 is 33.4 Å². The molecule has 2 aromatic heterocycles. The second-order valence-corrected chi connectivity index (χ2v) is 17.7. The third kappa shape index (κ3) is 9.18. The second kappa shape index (κ2) is 18.9. The van der Waals surface area contributed by atoms with E-state index < -0.39 is 6.16 Å². The fourth-order valence-electron chi connectivity index (χ4n) is 8.45. The minimum absolute atomic E-state index is 0.00521. The van der Waals surface area contributed by atoms with Crippen LogP contribution in [0.5, 0.6) is 11.5 Å². The average Bonchev–Trinajstić information content (AvgIpc) is 3.75. The highest BCUT2D eigenvalue weighted by molar-refractivity contribution is 8.76. The van der Waals surface area contributed by atoms with E-state index in [1.54, 1.807) is 73.9 Å². The topological polar surface area (TPSA) is 213 Å². The molecule has 3 aliphatic heterocycles. The molecular formula is C41H48N10O7S2. The lowest BCUT2D eigenvalue weighted by Crippen LogP contribution is -2.54. The van der Waals surface area contributed by atoms with Crippen molar-refractivity contribution >= 4 is 62.7 Å². The standard InChI is InChI=1S/C41H48N10O7S2/c42-14-20-59-60-21-19-57-41(55)58-35-7-2-1-4-30(35)31-22-34(39(43)47-46-31)51-24-28(23-44-51)49-16-15-48(25-37(49)53)27-10-8-26(9-11-27)29-5-3-6-32-38(29)56-18-17-50(32)33-12-13-36(52)45-40(33)54/h1-7,22-24,26-27,33H,8-21,25,42H2,(H2,43,47)(H,45,52,54). The number of benzene rings is 2. The average molecular weight is 857 g/mol. The minimum atomic E-state index is -0.827. The van der Waals surface area contributed by atoms with Gasteiger partial charge in [-0.05, 0) is 67.9 Å². The smallest absolute Gasteiger partial charge is 0.489 e. The van der Waals surface area contributed by atoms with Gasteiger partial charge in [0.1, 0.15) is 36.4 Å². The Hall–Kier alpha value is -5.37. The molecular weight excluding hydrogens is 809 g/mol. The minimum Gasteiger partial charge on any atom is -0.489 e. The molecule has 17 nitrogen and oxygen atoms in total. The summed E-state index contributed by atoms with van der Waals surface area (Å²) in [6.07, 6.45) is 7.23. The Balaban J connectivity index is 0.871. The molecule has 0 bridgehead atoms. The van der Waals surface area contributed by atoms with E-state index in [2.05, 4.69) is 36.5 Å². The number of anilines is 3. The lowest BCUT2D eigenvalue weighted by Gasteiger charge is -2.42. The van der Waals surface area contributed by atoms with E-state index in [1.807, 2.05) is 12.1 Å². The molecule has 2 aromatic carbocycles. The van der Waals surface area contributed by atoms with Crippen LogP contribution in [0.1, 0.15) is 50.0 Å². The van der Waals surface area contributed by atoms with Crippen molar-refractivity contribution in [3.8, 4) is 28.4 Å². The maximum Gasteiger partial charge on any atom is 0.513 e. The van der Waals surface area contributed by atoms with Gasteiger partial charge in [-0.3, -0.25) is 24.6 Å². The van der Waals surface area contributed by atoms with Crippen LogP contribution in [-0.4, -0.2) is 118 Å². The SMILES string of the molecule is NCCSSCCOC(=O)Oc1ccccc1-c1cc(-n2cc(N3CCN(C4CCC(c5cccc6c5OCCN6C5CCC(=O)NC5=O)CC4)CC3=O)cn2)c(N)nn1. The number of amides is 3. The molecule has 0 radical (unpaired) electrons. The molecule has 3 amide bonds. The van der Waals surface area contributed by atoms with Gasteiger partial charge < -0.3 is 35.5 Å². The van der Waals surface area contributed by atoms with Crippen molar-refractivity contribution in [1.82, 2.24) is 30.2 Å². The number of fused-ring (bicyclic) bond motifs is 1. The molecule has 1 saturated carbocycles. The monoisotopic (exact) mass is 856 g/mol. The van der Waals surface area contributed by atoms with Gasteiger partial charge in [0.05, 0.1) is 42.6 Å². The molecule has 1 atom stereocenters. The highest BCUT2D eigenvalue weighted by Crippen LogP contribution is 2.45. The quantitative estimate of drug-likeness (QED) is 0.0567. The Bertz CT molecular complexity index is 2220. The fourth-order valence-corrected chi connectivity index (χ4v) is 10.1. The zero-order valence-electron chi connectivity index (χ0n) is 33.1. The van der Waals surface area contributed by atoms with Crippen LogP contribution in [0.2, 0.25) is 0 Å². The molecule has 60 heavy (non-hydrogen) atoms. The number of carbonyl (C=O) groups is 4. The number of nitrogens with one attached hydrogen (secondary N) is 1. The van der Waals surface area contributed by atoms with E-state index >= 15 is 0 Å². The highest BCUT2D eigenvalue weighted by atomic mass is 33.1. The van der Waals surface area contributed by atoms with Gasteiger partial charge in [-0.1, -0.05) is 45.9 Å². The van der Waals surface area contributed by atoms with Crippen LogP contribution >= 0.6 is 21.6 Å². The number of hydrogen-bond donors (Lipinski definition) is 3. The predicted octanol–water partition coefficient (Wildman–Crippen LogP) is 4.15. The third-order valence-corrected chi connectivity index (χ3v) is 13.8. The van der Waals surface area contributed by atoms with Crippen molar-refractivity contribution in [3.05, 3.63) is 66.5 Å². The number of rotatable bonds is 13. The number of carbonyl (C=O) groups excluding carboxylic acids is 4. The van der Waals surface area contributed by atoms with Crippen molar-refractivity contribution in [2.75, 3.05) is 73.0 Å². The maximum absolute atomic E-state index is 13.7. The summed E-state index contributed by atoms with van der Waals surface area (Å²) < 4.78 is 18.6. The van der Waals surface area contributed by atoms with Crippen LogP contribution in [0.3, 0.4) is 0 Å². The first-order valence-electron chi connectivity index (χ1n) is 20.2. The van der Waals surface area contributed by atoms with Crippen molar-refractivity contribution in [2.45, 2.75) is 56.5 Å². The normalized spacial score (nSPS) is 20.9. The Morgan fingerprint density at radius 1 is 0.950 bits per heavy atom. The number of imide groups is 1. The van der Waals surface area contributed by atoms with Crippen LogP contribution in [0.15, 0.2) is 60.9 Å².